The third-order valence-electron chi connectivity index (χ3n) is 3.22. The Morgan fingerprint density at radius 3 is 2.73 bits per heavy atom. The quantitative estimate of drug-likeness (QED) is 0.647. The minimum Gasteiger partial charge on any atom is -0.394 e. The molecule has 0 saturated heterocycles. The van der Waals surface area contributed by atoms with Crippen LogP contribution in [0, 0.1) is 19.7 Å². The molecule has 0 saturated carbocycles. The van der Waals surface area contributed by atoms with Gasteiger partial charge in [0.1, 0.15) is 5.82 Å². The number of hydrogen-bond donors (Lipinski definition) is 2. The van der Waals surface area contributed by atoms with Crippen molar-refractivity contribution in [3.05, 3.63) is 52.6 Å². The maximum absolute atomic E-state index is 12.8. The summed E-state index contributed by atoms with van der Waals surface area (Å²) in [5, 5.41) is 17.1. The Morgan fingerprint density at radius 1 is 1.41 bits per heavy atom. The average molecular weight is 304 g/mol. The van der Waals surface area contributed by atoms with Crippen LogP contribution in [0.25, 0.3) is 0 Å². The highest BCUT2D eigenvalue weighted by atomic mass is 19.1. The summed E-state index contributed by atoms with van der Waals surface area (Å²) >= 11 is 0. The number of aliphatic hydroxyl groups is 1. The van der Waals surface area contributed by atoms with Crippen LogP contribution in [-0.4, -0.2) is 33.6 Å². The number of aromatic nitrogens is 2. The van der Waals surface area contributed by atoms with Gasteiger partial charge in [-0.1, -0.05) is 0 Å². The summed E-state index contributed by atoms with van der Waals surface area (Å²) in [6.07, 6.45) is 1.51. The molecule has 1 heterocycles. The minimum atomic E-state index is -0.422. The predicted molar refractivity (Wildman–Crippen MR) is 80.2 cm³/mol. The van der Waals surface area contributed by atoms with Gasteiger partial charge in [0.05, 0.1) is 25.1 Å². The van der Waals surface area contributed by atoms with E-state index >= 15 is 0 Å². The van der Waals surface area contributed by atoms with Crippen molar-refractivity contribution in [2.45, 2.75) is 20.4 Å². The third-order valence-corrected chi connectivity index (χ3v) is 3.22. The number of carbonyl (C=O) groups excluding carboxylic acids is 1. The largest absolute Gasteiger partial charge is 0.394 e. The first-order valence-electron chi connectivity index (χ1n) is 6.76. The summed E-state index contributed by atoms with van der Waals surface area (Å²) in [6.45, 7) is 4.09. The van der Waals surface area contributed by atoms with Gasteiger partial charge in [0.15, 0.2) is 0 Å². The first-order chi connectivity index (χ1) is 10.5. The van der Waals surface area contributed by atoms with Gasteiger partial charge in [0, 0.05) is 16.8 Å². The van der Waals surface area contributed by atoms with Gasteiger partial charge in [-0.3, -0.25) is 9.48 Å². The van der Waals surface area contributed by atoms with Crippen LogP contribution in [0.3, 0.4) is 0 Å². The van der Waals surface area contributed by atoms with Crippen LogP contribution in [0.1, 0.15) is 27.3 Å². The topological polar surface area (TPSA) is 79.5 Å². The number of hydrogen-bond acceptors (Lipinski definition) is 4. The lowest BCUT2D eigenvalue weighted by Crippen LogP contribution is -2.17. The fraction of sp³-hybridized carbons (Fsp3) is 0.267. The molecule has 0 spiro atoms. The van der Waals surface area contributed by atoms with Crippen LogP contribution in [0.4, 0.5) is 4.39 Å². The van der Waals surface area contributed by atoms with Crippen LogP contribution >= 0.6 is 0 Å². The molecule has 0 radical (unpaired) electrons. The highest BCUT2D eigenvalue weighted by Gasteiger charge is 2.09. The second-order valence-electron chi connectivity index (χ2n) is 4.74. The van der Waals surface area contributed by atoms with Crippen molar-refractivity contribution < 1.29 is 14.3 Å². The van der Waals surface area contributed by atoms with Crippen molar-refractivity contribution in [1.29, 1.82) is 0 Å². The molecule has 1 amide bonds. The van der Waals surface area contributed by atoms with E-state index in [9.17, 15) is 9.18 Å². The maximum Gasteiger partial charge on any atom is 0.271 e. The number of aliphatic hydroxyl groups excluding tert-OH is 1. The van der Waals surface area contributed by atoms with E-state index in [0.29, 0.717) is 12.1 Å². The van der Waals surface area contributed by atoms with Crippen LogP contribution in [0.2, 0.25) is 0 Å². The fourth-order valence-corrected chi connectivity index (χ4v) is 2.03. The lowest BCUT2D eigenvalue weighted by Gasteiger charge is -2.01. The monoisotopic (exact) mass is 304 g/mol. The molecule has 22 heavy (non-hydrogen) atoms. The van der Waals surface area contributed by atoms with Gasteiger partial charge in [0.2, 0.25) is 0 Å². The summed E-state index contributed by atoms with van der Waals surface area (Å²) in [6, 6.07) is 5.20. The van der Waals surface area contributed by atoms with Gasteiger partial charge < -0.3 is 5.11 Å². The first-order valence-corrected chi connectivity index (χ1v) is 6.76. The first kappa shape index (κ1) is 15.8. The molecule has 2 rings (SSSR count). The van der Waals surface area contributed by atoms with Gasteiger partial charge >= 0.3 is 0 Å². The number of nitrogens with zero attached hydrogens (tertiary/aromatic N) is 3. The van der Waals surface area contributed by atoms with Crippen molar-refractivity contribution in [2.75, 3.05) is 6.61 Å². The number of carbonyl (C=O) groups is 1. The van der Waals surface area contributed by atoms with Crippen LogP contribution in [-0.2, 0) is 6.54 Å². The average Bonchev–Trinajstić information content (AvgIpc) is 2.75. The van der Waals surface area contributed by atoms with E-state index in [4.69, 9.17) is 5.11 Å². The zero-order valence-corrected chi connectivity index (χ0v) is 12.4. The highest BCUT2D eigenvalue weighted by Crippen LogP contribution is 2.10. The van der Waals surface area contributed by atoms with Crippen LogP contribution < -0.4 is 5.43 Å². The van der Waals surface area contributed by atoms with E-state index in [2.05, 4.69) is 15.6 Å². The molecule has 0 unspecified atom stereocenters. The summed E-state index contributed by atoms with van der Waals surface area (Å²) in [4.78, 5) is 11.8. The molecule has 2 aromatic rings. The maximum atomic E-state index is 12.8. The molecular formula is C15H17FN4O2. The molecule has 1 aromatic carbocycles. The van der Waals surface area contributed by atoms with E-state index in [1.165, 1.54) is 30.5 Å². The van der Waals surface area contributed by atoms with E-state index in [1.54, 1.807) is 4.68 Å². The van der Waals surface area contributed by atoms with Crippen LogP contribution in [0.15, 0.2) is 29.4 Å². The normalized spacial score (nSPS) is 11.1. The molecule has 0 aliphatic carbocycles. The molecule has 0 fully saturated rings. The lowest BCUT2D eigenvalue weighted by molar-refractivity contribution is 0.0955. The number of halogens is 1. The Labute approximate surface area is 127 Å². The Kier molecular flexibility index (Phi) is 5.00. The number of nitrogens with one attached hydrogen (secondary N) is 1. The van der Waals surface area contributed by atoms with Crippen LogP contribution in [0.5, 0.6) is 0 Å². The molecule has 0 bridgehead atoms. The van der Waals surface area contributed by atoms with E-state index in [-0.39, 0.29) is 6.61 Å². The highest BCUT2D eigenvalue weighted by molar-refractivity contribution is 5.95. The molecular weight excluding hydrogens is 287 g/mol. The number of rotatable bonds is 5. The SMILES string of the molecule is Cc1nn(CCO)c(C)c1/C=N/NC(=O)c1ccc(F)cc1. The van der Waals surface area contributed by atoms with E-state index in [1.807, 2.05) is 13.8 Å². The zero-order valence-electron chi connectivity index (χ0n) is 12.4. The number of amides is 1. The number of hydrazone groups is 1. The summed E-state index contributed by atoms with van der Waals surface area (Å²) in [7, 11) is 0. The predicted octanol–water partition coefficient (Wildman–Crippen LogP) is 1.40. The van der Waals surface area contributed by atoms with Crippen molar-refractivity contribution in [2.24, 2.45) is 5.10 Å². The van der Waals surface area contributed by atoms with Crippen molar-refractivity contribution >= 4 is 12.1 Å². The lowest BCUT2D eigenvalue weighted by atomic mass is 10.2. The molecule has 1 aromatic heterocycles. The molecule has 0 aliphatic rings. The molecule has 2 N–H and O–H groups in total. The van der Waals surface area contributed by atoms with Gasteiger partial charge in [0.25, 0.3) is 5.91 Å². The fourth-order valence-electron chi connectivity index (χ4n) is 2.03. The standard InChI is InChI=1S/C15H17FN4O2/c1-10-14(11(2)20(19-10)7-8-21)9-17-18-15(22)12-3-5-13(16)6-4-12/h3-6,9,21H,7-8H2,1-2H3,(H,18,22)/b17-9+. The van der Waals surface area contributed by atoms with Crippen molar-refractivity contribution in [3.8, 4) is 0 Å². The van der Waals surface area contributed by atoms with Gasteiger partial charge in [-0.25, -0.2) is 9.82 Å². The Bertz CT molecular complexity index is 692. The molecule has 6 nitrogen and oxygen atoms in total. The summed E-state index contributed by atoms with van der Waals surface area (Å²) in [5.41, 5.74) is 5.10. The van der Waals surface area contributed by atoms with Gasteiger partial charge in [-0.05, 0) is 38.1 Å². The minimum absolute atomic E-state index is 0.000153. The zero-order chi connectivity index (χ0) is 16.1. The number of benzene rings is 1. The number of aryl methyl sites for hydroxylation is 1. The second-order valence-corrected chi connectivity index (χ2v) is 4.74. The Balaban J connectivity index is 2.06. The Hall–Kier alpha value is -2.54. The Morgan fingerprint density at radius 2 is 2.09 bits per heavy atom. The van der Waals surface area contributed by atoms with Crippen molar-refractivity contribution in [3.63, 3.8) is 0 Å². The second kappa shape index (κ2) is 6.95. The van der Waals surface area contributed by atoms with Gasteiger partial charge in [-0.2, -0.15) is 10.2 Å². The van der Waals surface area contributed by atoms with E-state index < -0.39 is 11.7 Å². The molecule has 116 valence electrons. The molecule has 0 aliphatic heterocycles. The molecule has 0 atom stereocenters. The van der Waals surface area contributed by atoms with Gasteiger partial charge in [-0.15, -0.1) is 0 Å². The molecule has 7 heteroatoms. The van der Waals surface area contributed by atoms with E-state index in [0.717, 1.165) is 17.0 Å². The third kappa shape index (κ3) is 3.56. The summed E-state index contributed by atoms with van der Waals surface area (Å²) in [5.74, 6) is -0.822. The van der Waals surface area contributed by atoms with Crippen molar-refractivity contribution in [1.82, 2.24) is 15.2 Å². The summed E-state index contributed by atoms with van der Waals surface area (Å²) < 4.78 is 14.5. The smallest absolute Gasteiger partial charge is 0.271 e.